The molecule has 2 unspecified atom stereocenters. The van der Waals surface area contributed by atoms with Gasteiger partial charge in [-0.3, -0.25) is 5.41 Å². The monoisotopic (exact) mass is 170 g/mol. The van der Waals surface area contributed by atoms with Gasteiger partial charge in [0.15, 0.2) is 0 Å². The van der Waals surface area contributed by atoms with Gasteiger partial charge in [0.1, 0.15) is 0 Å². The van der Waals surface area contributed by atoms with Gasteiger partial charge in [-0.2, -0.15) is 0 Å². The highest BCUT2D eigenvalue weighted by Gasteiger charge is 2.29. The van der Waals surface area contributed by atoms with Gasteiger partial charge in [0.2, 0.25) is 0 Å². The van der Waals surface area contributed by atoms with Gasteiger partial charge in [0, 0.05) is 12.1 Å². The fraction of sp³-hybridized carbons (Fsp3) is 0.889. The molecule has 0 aromatic carbocycles. The van der Waals surface area contributed by atoms with Gasteiger partial charge in [-0.15, -0.1) is 0 Å². The van der Waals surface area contributed by atoms with Gasteiger partial charge in [0.25, 0.3) is 0 Å². The van der Waals surface area contributed by atoms with E-state index < -0.39 is 0 Å². The summed E-state index contributed by atoms with van der Waals surface area (Å²) in [5.41, 5.74) is 0. The first-order valence-electron chi connectivity index (χ1n) is 4.54. The fourth-order valence-corrected chi connectivity index (χ4v) is 2.21. The van der Waals surface area contributed by atoms with E-state index in [-0.39, 0.29) is 6.10 Å². The molecule has 1 rings (SSSR count). The standard InChI is InChI=1S/C9H18N2O/c1-6-4-9(12)5-7(2)11(6)8(3)10/h6-7,9-10,12H,4-5H2,1-3H3. The van der Waals surface area contributed by atoms with Crippen LogP contribution < -0.4 is 0 Å². The van der Waals surface area contributed by atoms with Crippen molar-refractivity contribution in [2.24, 2.45) is 0 Å². The average Bonchev–Trinajstić information content (AvgIpc) is 1.82. The number of likely N-dealkylation sites (tertiary alicyclic amines) is 1. The summed E-state index contributed by atoms with van der Waals surface area (Å²) in [5.74, 6) is 0.613. The summed E-state index contributed by atoms with van der Waals surface area (Å²) in [4.78, 5) is 2.08. The average molecular weight is 170 g/mol. The lowest BCUT2D eigenvalue weighted by atomic mass is 9.95. The van der Waals surface area contributed by atoms with Crippen LogP contribution in [0.5, 0.6) is 0 Å². The van der Waals surface area contributed by atoms with Crippen molar-refractivity contribution in [3.05, 3.63) is 0 Å². The molecule has 2 N–H and O–H groups in total. The number of aliphatic hydroxyl groups is 1. The van der Waals surface area contributed by atoms with Crippen LogP contribution in [0.1, 0.15) is 33.6 Å². The summed E-state index contributed by atoms with van der Waals surface area (Å²) in [7, 11) is 0. The topological polar surface area (TPSA) is 47.3 Å². The van der Waals surface area contributed by atoms with E-state index in [9.17, 15) is 5.11 Å². The number of aliphatic hydroxyl groups excluding tert-OH is 1. The van der Waals surface area contributed by atoms with Gasteiger partial charge in [-0.05, 0) is 33.6 Å². The van der Waals surface area contributed by atoms with E-state index in [1.807, 2.05) is 6.92 Å². The molecule has 0 saturated carbocycles. The van der Waals surface area contributed by atoms with Gasteiger partial charge < -0.3 is 10.0 Å². The Morgan fingerprint density at radius 2 is 1.75 bits per heavy atom. The number of nitrogens with zero attached hydrogens (tertiary/aromatic N) is 1. The van der Waals surface area contributed by atoms with Crippen molar-refractivity contribution in [3.8, 4) is 0 Å². The molecule has 0 radical (unpaired) electrons. The molecule has 1 fully saturated rings. The number of hydrogen-bond donors (Lipinski definition) is 2. The Labute approximate surface area is 73.9 Å². The van der Waals surface area contributed by atoms with Crippen molar-refractivity contribution >= 4 is 5.84 Å². The van der Waals surface area contributed by atoms with Crippen LogP contribution >= 0.6 is 0 Å². The minimum atomic E-state index is -0.175. The molecule has 1 aliphatic rings. The van der Waals surface area contributed by atoms with E-state index >= 15 is 0 Å². The fourth-order valence-electron chi connectivity index (χ4n) is 2.21. The summed E-state index contributed by atoms with van der Waals surface area (Å²) in [5, 5.41) is 17.0. The van der Waals surface area contributed by atoms with Crippen molar-refractivity contribution in [2.45, 2.75) is 51.8 Å². The summed E-state index contributed by atoms with van der Waals surface area (Å²) in [6, 6.07) is 0.613. The Balaban J connectivity index is 2.66. The van der Waals surface area contributed by atoms with Crippen LogP contribution in [0.15, 0.2) is 0 Å². The first-order chi connectivity index (χ1) is 5.52. The van der Waals surface area contributed by atoms with Crippen molar-refractivity contribution in [1.82, 2.24) is 4.90 Å². The summed E-state index contributed by atoms with van der Waals surface area (Å²) in [6.07, 6.45) is 1.41. The first kappa shape index (κ1) is 9.52. The zero-order chi connectivity index (χ0) is 9.30. The Bertz CT molecular complexity index is 169. The second-order valence-electron chi connectivity index (χ2n) is 3.82. The minimum Gasteiger partial charge on any atom is -0.393 e. The molecular formula is C9H18N2O. The highest BCUT2D eigenvalue weighted by atomic mass is 16.3. The first-order valence-corrected chi connectivity index (χ1v) is 4.54. The largest absolute Gasteiger partial charge is 0.393 e. The van der Waals surface area contributed by atoms with Crippen LogP contribution in [0, 0.1) is 5.41 Å². The van der Waals surface area contributed by atoms with Gasteiger partial charge >= 0.3 is 0 Å². The van der Waals surface area contributed by atoms with Gasteiger partial charge in [-0.1, -0.05) is 0 Å². The van der Waals surface area contributed by atoms with E-state index in [0.717, 1.165) is 12.8 Å². The molecule has 0 bridgehead atoms. The quantitative estimate of drug-likeness (QED) is 0.424. The van der Waals surface area contributed by atoms with Gasteiger partial charge in [-0.25, -0.2) is 0 Å². The maximum atomic E-state index is 9.45. The SMILES string of the molecule is CC(=N)N1C(C)CC(O)CC1C. The molecule has 0 spiro atoms. The molecule has 0 aromatic heterocycles. The Morgan fingerprint density at radius 1 is 1.33 bits per heavy atom. The lowest BCUT2D eigenvalue weighted by Crippen LogP contribution is -2.50. The molecule has 0 aliphatic carbocycles. The van der Waals surface area contributed by atoms with Crippen molar-refractivity contribution < 1.29 is 5.11 Å². The third kappa shape index (κ3) is 1.78. The number of amidine groups is 1. The predicted octanol–water partition coefficient (Wildman–Crippen LogP) is 1.22. The van der Waals surface area contributed by atoms with Crippen LogP contribution in [-0.2, 0) is 0 Å². The van der Waals surface area contributed by atoms with E-state index in [4.69, 9.17) is 5.41 Å². The number of piperidine rings is 1. The van der Waals surface area contributed by atoms with Crippen LogP contribution in [0.4, 0.5) is 0 Å². The van der Waals surface area contributed by atoms with Crippen molar-refractivity contribution in [3.63, 3.8) is 0 Å². The van der Waals surface area contributed by atoms with Gasteiger partial charge in [0.05, 0.1) is 11.9 Å². The molecule has 3 nitrogen and oxygen atoms in total. The molecule has 2 atom stereocenters. The molecule has 1 saturated heterocycles. The minimum absolute atomic E-state index is 0.175. The zero-order valence-electron chi connectivity index (χ0n) is 8.04. The lowest BCUT2D eigenvalue weighted by molar-refractivity contribution is 0.0513. The van der Waals surface area contributed by atoms with E-state index in [1.54, 1.807) is 0 Å². The zero-order valence-corrected chi connectivity index (χ0v) is 8.04. The molecule has 1 heterocycles. The number of rotatable bonds is 0. The van der Waals surface area contributed by atoms with Crippen molar-refractivity contribution in [1.29, 1.82) is 5.41 Å². The van der Waals surface area contributed by atoms with Crippen LogP contribution in [0.2, 0.25) is 0 Å². The third-order valence-electron chi connectivity index (χ3n) is 2.56. The van der Waals surface area contributed by atoms with Crippen LogP contribution in [0.25, 0.3) is 0 Å². The third-order valence-corrected chi connectivity index (χ3v) is 2.56. The van der Waals surface area contributed by atoms with Crippen LogP contribution in [0.3, 0.4) is 0 Å². The second-order valence-corrected chi connectivity index (χ2v) is 3.82. The van der Waals surface area contributed by atoms with Crippen LogP contribution in [-0.4, -0.2) is 34.0 Å². The molecular weight excluding hydrogens is 152 g/mol. The predicted molar refractivity (Wildman–Crippen MR) is 49.4 cm³/mol. The normalized spacial score (nSPS) is 36.7. The Morgan fingerprint density at radius 3 is 2.08 bits per heavy atom. The second kappa shape index (κ2) is 3.44. The number of hydrogen-bond acceptors (Lipinski definition) is 2. The number of nitrogens with one attached hydrogen (secondary N) is 1. The molecule has 0 amide bonds. The molecule has 1 aliphatic heterocycles. The maximum absolute atomic E-state index is 9.45. The molecule has 0 aromatic rings. The Hall–Kier alpha value is -0.570. The van der Waals surface area contributed by atoms with E-state index in [0.29, 0.717) is 17.9 Å². The van der Waals surface area contributed by atoms with Crippen molar-refractivity contribution in [2.75, 3.05) is 0 Å². The van der Waals surface area contributed by atoms with E-state index in [2.05, 4.69) is 18.7 Å². The smallest absolute Gasteiger partial charge is 0.0930 e. The molecule has 3 heteroatoms. The maximum Gasteiger partial charge on any atom is 0.0930 e. The summed E-state index contributed by atoms with van der Waals surface area (Å²) < 4.78 is 0. The highest BCUT2D eigenvalue weighted by molar-refractivity contribution is 5.77. The summed E-state index contributed by atoms with van der Waals surface area (Å²) >= 11 is 0. The summed E-state index contributed by atoms with van der Waals surface area (Å²) in [6.45, 7) is 5.94. The Kier molecular flexibility index (Phi) is 2.73. The lowest BCUT2D eigenvalue weighted by Gasteiger charge is -2.42. The molecule has 70 valence electrons. The van der Waals surface area contributed by atoms with E-state index in [1.165, 1.54) is 0 Å². The molecule has 12 heavy (non-hydrogen) atoms. The highest BCUT2D eigenvalue weighted by Crippen LogP contribution is 2.22.